The highest BCUT2D eigenvalue weighted by atomic mass is 19.3. The SMILES string of the molecule is O=C(Nc1cc(-c2[nH]c3c(OCC4CCCO4)cc(F)nc3c2-c2ccccn2)ccn1)C(CC(F)F)c1ccc(F)cc1. The Hall–Kier alpha value is -4.84. The Morgan fingerprint density at radius 3 is 2.64 bits per heavy atom. The number of aromatic nitrogens is 4. The van der Waals surface area contributed by atoms with Crippen LogP contribution in [0.3, 0.4) is 0 Å². The summed E-state index contributed by atoms with van der Waals surface area (Å²) in [6.07, 6.45) is 1.20. The first-order valence-corrected chi connectivity index (χ1v) is 14.0. The van der Waals surface area contributed by atoms with Gasteiger partial charge in [-0.1, -0.05) is 18.2 Å². The lowest BCUT2D eigenvalue weighted by Gasteiger charge is -2.17. The summed E-state index contributed by atoms with van der Waals surface area (Å²) >= 11 is 0. The van der Waals surface area contributed by atoms with E-state index in [9.17, 15) is 22.4 Å². The molecular formula is C32H27F4N5O3. The molecule has 0 aliphatic carbocycles. The third-order valence-electron chi connectivity index (χ3n) is 7.36. The molecule has 4 aromatic heterocycles. The number of hydrogen-bond donors (Lipinski definition) is 2. The van der Waals surface area contributed by atoms with Crippen molar-refractivity contribution < 1.29 is 31.8 Å². The monoisotopic (exact) mass is 605 g/mol. The summed E-state index contributed by atoms with van der Waals surface area (Å²) in [5, 5.41) is 2.61. The Labute approximate surface area is 249 Å². The molecule has 0 saturated carbocycles. The van der Waals surface area contributed by atoms with E-state index in [0.717, 1.165) is 25.0 Å². The van der Waals surface area contributed by atoms with Crippen LogP contribution in [0.1, 0.15) is 30.7 Å². The predicted molar refractivity (Wildman–Crippen MR) is 155 cm³/mol. The highest BCUT2D eigenvalue weighted by Gasteiger charge is 2.27. The lowest BCUT2D eigenvalue weighted by atomic mass is 9.95. The summed E-state index contributed by atoms with van der Waals surface area (Å²) in [6, 6.07) is 14.6. The Bertz CT molecular complexity index is 1760. The number of aromatic amines is 1. The van der Waals surface area contributed by atoms with Crippen molar-refractivity contribution in [3.63, 3.8) is 0 Å². The van der Waals surface area contributed by atoms with Crippen LogP contribution in [-0.2, 0) is 9.53 Å². The van der Waals surface area contributed by atoms with Crippen LogP contribution in [-0.4, -0.2) is 51.6 Å². The van der Waals surface area contributed by atoms with E-state index in [1.165, 1.54) is 24.4 Å². The first-order valence-electron chi connectivity index (χ1n) is 14.0. The Morgan fingerprint density at radius 2 is 1.91 bits per heavy atom. The molecule has 5 heterocycles. The summed E-state index contributed by atoms with van der Waals surface area (Å²) in [5.74, 6) is -2.91. The molecule has 1 aliphatic heterocycles. The van der Waals surface area contributed by atoms with Crippen LogP contribution in [0, 0.1) is 11.8 Å². The molecule has 0 spiro atoms. The van der Waals surface area contributed by atoms with E-state index >= 15 is 0 Å². The van der Waals surface area contributed by atoms with Gasteiger partial charge in [0.05, 0.1) is 29.0 Å². The van der Waals surface area contributed by atoms with Crippen molar-refractivity contribution in [1.29, 1.82) is 0 Å². The molecule has 1 aromatic carbocycles. The number of fused-ring (bicyclic) bond motifs is 1. The number of ether oxygens (including phenoxy) is 2. The Morgan fingerprint density at radius 1 is 1.07 bits per heavy atom. The molecule has 1 aliphatic rings. The van der Waals surface area contributed by atoms with Gasteiger partial charge in [-0.2, -0.15) is 4.39 Å². The lowest BCUT2D eigenvalue weighted by Crippen LogP contribution is -2.23. The van der Waals surface area contributed by atoms with Crippen LogP contribution in [0.15, 0.2) is 73.1 Å². The van der Waals surface area contributed by atoms with Crippen molar-refractivity contribution in [2.45, 2.75) is 37.7 Å². The number of hydrogen-bond acceptors (Lipinski definition) is 6. The molecule has 0 bridgehead atoms. The molecule has 2 atom stereocenters. The molecule has 226 valence electrons. The highest BCUT2D eigenvalue weighted by Crippen LogP contribution is 2.40. The number of nitrogens with zero attached hydrogens (tertiary/aromatic N) is 3. The minimum atomic E-state index is -2.77. The summed E-state index contributed by atoms with van der Waals surface area (Å²) in [5.41, 5.74) is 3.01. The van der Waals surface area contributed by atoms with E-state index in [1.54, 1.807) is 36.5 Å². The normalized spacial score (nSPS) is 15.5. The Balaban J connectivity index is 1.37. The summed E-state index contributed by atoms with van der Waals surface area (Å²) in [4.78, 5) is 29.3. The number of nitrogens with one attached hydrogen (secondary N) is 2. The summed E-state index contributed by atoms with van der Waals surface area (Å²) in [7, 11) is 0. The molecule has 44 heavy (non-hydrogen) atoms. The van der Waals surface area contributed by atoms with Gasteiger partial charge in [-0.25, -0.2) is 23.1 Å². The third kappa shape index (κ3) is 6.40. The van der Waals surface area contributed by atoms with Crippen molar-refractivity contribution in [3.8, 4) is 28.3 Å². The number of carbonyl (C=O) groups excluding carboxylic acids is 1. The van der Waals surface area contributed by atoms with Crippen LogP contribution < -0.4 is 10.1 Å². The van der Waals surface area contributed by atoms with Gasteiger partial charge in [-0.05, 0) is 54.8 Å². The lowest BCUT2D eigenvalue weighted by molar-refractivity contribution is -0.118. The Kier molecular flexibility index (Phi) is 8.51. The van der Waals surface area contributed by atoms with Gasteiger partial charge in [-0.15, -0.1) is 0 Å². The quantitative estimate of drug-likeness (QED) is 0.133. The van der Waals surface area contributed by atoms with E-state index in [4.69, 9.17) is 9.47 Å². The standard InChI is InChI=1S/C32H27F4N5O3/c33-20-8-6-18(7-9-20)22(15-25(34)35)32(42)40-27-14-19(10-12-38-27)29-28(23-5-1-2-11-37-23)31-30(41-29)24(16-26(36)39-31)44-17-21-4-3-13-43-21/h1-2,5-12,14,16,21-22,25,41H,3-4,13,15,17H2,(H,38,40,42). The molecule has 5 aromatic rings. The van der Waals surface area contributed by atoms with Gasteiger partial charge in [0.2, 0.25) is 18.3 Å². The van der Waals surface area contributed by atoms with E-state index < -0.39 is 36.4 Å². The molecule has 12 heteroatoms. The number of halogens is 4. The number of H-pyrrole nitrogens is 1. The van der Waals surface area contributed by atoms with Gasteiger partial charge >= 0.3 is 0 Å². The van der Waals surface area contributed by atoms with Crippen molar-refractivity contribution in [2.75, 3.05) is 18.5 Å². The minimum absolute atomic E-state index is 0.0912. The average molecular weight is 606 g/mol. The van der Waals surface area contributed by atoms with E-state index in [2.05, 4.69) is 25.3 Å². The topological polar surface area (TPSA) is 102 Å². The molecule has 8 nitrogen and oxygen atoms in total. The molecule has 2 N–H and O–H groups in total. The fourth-order valence-corrected chi connectivity index (χ4v) is 5.28. The smallest absolute Gasteiger partial charge is 0.239 e. The van der Waals surface area contributed by atoms with E-state index in [0.29, 0.717) is 34.6 Å². The molecule has 0 radical (unpaired) electrons. The third-order valence-corrected chi connectivity index (χ3v) is 7.36. The first kappa shape index (κ1) is 29.2. The average Bonchev–Trinajstić information content (AvgIpc) is 3.68. The maximum absolute atomic E-state index is 14.9. The van der Waals surface area contributed by atoms with Crippen LogP contribution in [0.25, 0.3) is 33.5 Å². The van der Waals surface area contributed by atoms with E-state index in [1.807, 2.05) is 0 Å². The van der Waals surface area contributed by atoms with Crippen LogP contribution in [0.4, 0.5) is 23.4 Å². The molecule has 1 amide bonds. The van der Waals surface area contributed by atoms with Gasteiger partial charge in [0.15, 0.2) is 0 Å². The largest absolute Gasteiger partial charge is 0.488 e. The molecular weight excluding hydrogens is 578 g/mol. The van der Waals surface area contributed by atoms with Gasteiger partial charge in [0.1, 0.15) is 35.0 Å². The van der Waals surface area contributed by atoms with Gasteiger partial charge in [0, 0.05) is 37.1 Å². The highest BCUT2D eigenvalue weighted by molar-refractivity contribution is 6.03. The zero-order valence-electron chi connectivity index (χ0n) is 23.3. The van der Waals surface area contributed by atoms with E-state index in [-0.39, 0.29) is 35.4 Å². The zero-order chi connectivity index (χ0) is 30.6. The summed E-state index contributed by atoms with van der Waals surface area (Å²) < 4.78 is 66.8. The molecule has 2 unspecified atom stereocenters. The number of carbonyl (C=O) groups is 1. The van der Waals surface area contributed by atoms with Crippen molar-refractivity contribution in [2.24, 2.45) is 0 Å². The number of amides is 1. The maximum atomic E-state index is 14.9. The molecule has 1 fully saturated rings. The van der Waals surface area contributed by atoms with Gasteiger partial charge in [0.25, 0.3) is 0 Å². The number of anilines is 1. The summed E-state index contributed by atoms with van der Waals surface area (Å²) in [6.45, 7) is 0.892. The second-order valence-corrected chi connectivity index (χ2v) is 10.4. The van der Waals surface area contributed by atoms with Crippen molar-refractivity contribution >= 4 is 22.8 Å². The first-order chi connectivity index (χ1) is 21.4. The number of rotatable bonds is 10. The molecule has 1 saturated heterocycles. The van der Waals surface area contributed by atoms with Gasteiger partial charge in [-0.3, -0.25) is 9.78 Å². The van der Waals surface area contributed by atoms with Crippen molar-refractivity contribution in [3.05, 3.63) is 90.4 Å². The minimum Gasteiger partial charge on any atom is -0.488 e. The number of pyridine rings is 3. The van der Waals surface area contributed by atoms with Crippen LogP contribution in [0.5, 0.6) is 5.75 Å². The molecule has 6 rings (SSSR count). The second-order valence-electron chi connectivity index (χ2n) is 10.4. The number of benzene rings is 1. The predicted octanol–water partition coefficient (Wildman–Crippen LogP) is 6.90. The van der Waals surface area contributed by atoms with Crippen molar-refractivity contribution in [1.82, 2.24) is 19.9 Å². The van der Waals surface area contributed by atoms with Gasteiger partial charge < -0.3 is 19.8 Å². The van der Waals surface area contributed by atoms with Crippen LogP contribution in [0.2, 0.25) is 0 Å². The second kappa shape index (κ2) is 12.8. The fourth-order valence-electron chi connectivity index (χ4n) is 5.28. The fraction of sp³-hybridized carbons (Fsp3) is 0.250. The number of alkyl halides is 2. The maximum Gasteiger partial charge on any atom is 0.239 e. The van der Waals surface area contributed by atoms with Crippen LogP contribution >= 0.6 is 0 Å². The zero-order valence-corrected chi connectivity index (χ0v) is 23.3.